The zero-order valence-corrected chi connectivity index (χ0v) is 15.4. The summed E-state index contributed by atoms with van der Waals surface area (Å²) >= 11 is 18.1. The van der Waals surface area contributed by atoms with Crippen LogP contribution in [0, 0.1) is 0 Å². The molecule has 0 radical (unpaired) electrons. The van der Waals surface area contributed by atoms with Gasteiger partial charge >= 0.3 is 0 Å². The van der Waals surface area contributed by atoms with Gasteiger partial charge in [-0.05, 0) is 24.3 Å². The molecule has 0 aromatic heterocycles. The van der Waals surface area contributed by atoms with Crippen molar-refractivity contribution in [2.75, 3.05) is 32.1 Å². The fraction of sp³-hybridized carbons (Fsp3) is 0.235. The maximum absolute atomic E-state index is 12.0. The number of benzene rings is 2. The van der Waals surface area contributed by atoms with E-state index in [1.54, 1.807) is 30.3 Å². The largest absolute Gasteiger partial charge is 0.485 e. The van der Waals surface area contributed by atoms with Crippen LogP contribution >= 0.6 is 34.8 Å². The molecule has 0 saturated heterocycles. The standard InChI is InChI=1S/C17H17Cl3N2O2/c1-22(9-10-24-17-13(19)6-4-7-14(17)20)11-16(23)21-15-8-3-2-5-12(15)18/h2-8H,9-11H2,1H3,(H,21,23)/p+1. The highest BCUT2D eigenvalue weighted by Gasteiger charge is 2.13. The van der Waals surface area contributed by atoms with Crippen molar-refractivity contribution in [3.05, 3.63) is 57.5 Å². The first-order valence-corrected chi connectivity index (χ1v) is 8.53. The number of amides is 1. The number of anilines is 1. The minimum absolute atomic E-state index is 0.114. The van der Waals surface area contributed by atoms with Crippen LogP contribution in [-0.4, -0.2) is 32.7 Å². The van der Waals surface area contributed by atoms with E-state index in [1.165, 1.54) is 0 Å². The molecule has 1 amide bonds. The van der Waals surface area contributed by atoms with Gasteiger partial charge in [-0.1, -0.05) is 53.0 Å². The number of ether oxygens (including phenoxy) is 1. The van der Waals surface area contributed by atoms with Crippen molar-refractivity contribution in [3.63, 3.8) is 0 Å². The average Bonchev–Trinajstić information content (AvgIpc) is 2.52. The number of para-hydroxylation sites is 2. The Bertz CT molecular complexity index is 690. The van der Waals surface area contributed by atoms with Crippen molar-refractivity contribution < 1.29 is 14.4 Å². The predicted octanol–water partition coefficient (Wildman–Crippen LogP) is 3.18. The molecule has 0 spiro atoms. The van der Waals surface area contributed by atoms with Gasteiger partial charge in [0.15, 0.2) is 12.3 Å². The number of carbonyl (C=O) groups excluding carboxylic acids is 1. The number of hydrogen-bond acceptors (Lipinski definition) is 2. The number of halogens is 3. The first-order valence-electron chi connectivity index (χ1n) is 7.40. The SMILES string of the molecule is C[NH+](CCOc1c(Cl)cccc1Cl)CC(=O)Nc1ccccc1Cl. The highest BCUT2D eigenvalue weighted by molar-refractivity contribution is 6.37. The van der Waals surface area contributed by atoms with E-state index in [9.17, 15) is 4.79 Å². The van der Waals surface area contributed by atoms with Gasteiger partial charge < -0.3 is 15.0 Å². The van der Waals surface area contributed by atoms with Crippen molar-refractivity contribution in [1.82, 2.24) is 0 Å². The Hall–Kier alpha value is -1.46. The van der Waals surface area contributed by atoms with Crippen LogP contribution in [0.3, 0.4) is 0 Å². The Morgan fingerprint density at radius 3 is 2.33 bits per heavy atom. The molecule has 2 aromatic rings. The fourth-order valence-electron chi connectivity index (χ4n) is 2.07. The second-order valence-corrected chi connectivity index (χ2v) is 6.53. The van der Waals surface area contributed by atoms with Gasteiger partial charge in [0.1, 0.15) is 13.2 Å². The number of rotatable bonds is 7. The lowest BCUT2D eigenvalue weighted by Gasteiger charge is -2.15. The lowest BCUT2D eigenvalue weighted by Crippen LogP contribution is -3.10. The minimum Gasteiger partial charge on any atom is -0.485 e. The summed E-state index contributed by atoms with van der Waals surface area (Å²) in [6.07, 6.45) is 0. The quantitative estimate of drug-likeness (QED) is 0.765. The minimum atomic E-state index is -0.114. The zero-order chi connectivity index (χ0) is 17.5. The second-order valence-electron chi connectivity index (χ2n) is 5.31. The van der Waals surface area contributed by atoms with E-state index in [1.807, 2.05) is 19.2 Å². The van der Waals surface area contributed by atoms with Gasteiger partial charge in [0.25, 0.3) is 5.91 Å². The Morgan fingerprint density at radius 1 is 1.04 bits per heavy atom. The number of carbonyl (C=O) groups is 1. The van der Waals surface area contributed by atoms with Crippen LogP contribution in [0.2, 0.25) is 15.1 Å². The third-order valence-corrected chi connectivity index (χ3v) is 4.23. The van der Waals surface area contributed by atoms with Crippen molar-refractivity contribution in [2.24, 2.45) is 0 Å². The van der Waals surface area contributed by atoms with E-state index in [0.717, 1.165) is 4.90 Å². The van der Waals surface area contributed by atoms with E-state index >= 15 is 0 Å². The van der Waals surface area contributed by atoms with Gasteiger partial charge in [-0.25, -0.2) is 0 Å². The van der Waals surface area contributed by atoms with E-state index in [2.05, 4.69) is 5.32 Å². The molecule has 0 heterocycles. The lowest BCUT2D eigenvalue weighted by atomic mass is 10.3. The predicted molar refractivity (Wildman–Crippen MR) is 98.7 cm³/mol. The van der Waals surface area contributed by atoms with Gasteiger partial charge in [-0.2, -0.15) is 0 Å². The molecule has 1 unspecified atom stereocenters. The molecule has 1 atom stereocenters. The number of quaternary nitrogens is 1. The molecule has 128 valence electrons. The van der Waals surface area contributed by atoms with Crippen molar-refractivity contribution in [2.45, 2.75) is 0 Å². The third kappa shape index (κ3) is 5.56. The highest BCUT2D eigenvalue weighted by Crippen LogP contribution is 2.32. The first kappa shape index (κ1) is 18.9. The van der Waals surface area contributed by atoms with Crippen molar-refractivity contribution >= 4 is 46.4 Å². The summed E-state index contributed by atoms with van der Waals surface area (Å²) in [4.78, 5) is 13.0. The summed E-state index contributed by atoms with van der Waals surface area (Å²) in [5.74, 6) is 0.352. The number of hydrogen-bond donors (Lipinski definition) is 2. The van der Waals surface area contributed by atoms with Crippen LogP contribution in [0.25, 0.3) is 0 Å². The van der Waals surface area contributed by atoms with Crippen LogP contribution in [0.4, 0.5) is 5.69 Å². The Morgan fingerprint density at radius 2 is 1.67 bits per heavy atom. The molecule has 0 aliphatic carbocycles. The van der Waals surface area contributed by atoms with Gasteiger partial charge in [0.2, 0.25) is 0 Å². The van der Waals surface area contributed by atoms with Crippen LogP contribution in [0.5, 0.6) is 5.75 Å². The van der Waals surface area contributed by atoms with E-state index in [0.29, 0.717) is 46.2 Å². The molecule has 0 aliphatic rings. The van der Waals surface area contributed by atoms with Crippen LogP contribution in [0.15, 0.2) is 42.5 Å². The van der Waals surface area contributed by atoms with Crippen molar-refractivity contribution in [1.29, 1.82) is 0 Å². The Balaban J connectivity index is 1.78. The summed E-state index contributed by atoms with van der Waals surface area (Å²) in [7, 11) is 1.91. The molecule has 2 aromatic carbocycles. The van der Waals surface area contributed by atoms with Crippen LogP contribution in [-0.2, 0) is 4.79 Å². The smallest absolute Gasteiger partial charge is 0.279 e. The fourth-order valence-corrected chi connectivity index (χ4v) is 2.76. The van der Waals surface area contributed by atoms with Crippen molar-refractivity contribution in [3.8, 4) is 5.75 Å². The summed E-state index contributed by atoms with van der Waals surface area (Å²) in [6.45, 7) is 1.32. The Kier molecular flexibility index (Phi) is 7.18. The van der Waals surface area contributed by atoms with Gasteiger partial charge in [-0.15, -0.1) is 0 Å². The molecule has 2 rings (SSSR count). The topological polar surface area (TPSA) is 42.8 Å². The Labute approximate surface area is 156 Å². The van der Waals surface area contributed by atoms with Gasteiger partial charge in [0.05, 0.1) is 27.8 Å². The lowest BCUT2D eigenvalue weighted by molar-refractivity contribution is -0.871. The zero-order valence-electron chi connectivity index (χ0n) is 13.1. The van der Waals surface area contributed by atoms with Gasteiger partial charge in [0, 0.05) is 0 Å². The summed E-state index contributed by atoms with van der Waals surface area (Å²) in [5, 5.41) is 4.24. The number of likely N-dealkylation sites (N-methyl/N-ethyl adjacent to an activating group) is 1. The monoisotopic (exact) mass is 387 g/mol. The molecule has 7 heteroatoms. The first-order chi connectivity index (χ1) is 11.5. The number of nitrogens with one attached hydrogen (secondary N) is 2. The average molecular weight is 389 g/mol. The van der Waals surface area contributed by atoms with E-state index in [-0.39, 0.29) is 5.91 Å². The second kappa shape index (κ2) is 9.14. The maximum Gasteiger partial charge on any atom is 0.279 e. The molecule has 4 nitrogen and oxygen atoms in total. The third-order valence-electron chi connectivity index (χ3n) is 3.30. The molecule has 24 heavy (non-hydrogen) atoms. The van der Waals surface area contributed by atoms with E-state index < -0.39 is 0 Å². The summed E-state index contributed by atoms with van der Waals surface area (Å²) < 4.78 is 5.62. The summed E-state index contributed by atoms with van der Waals surface area (Å²) in [6, 6.07) is 12.3. The highest BCUT2D eigenvalue weighted by atomic mass is 35.5. The molecule has 0 bridgehead atoms. The molecule has 0 saturated carbocycles. The molecule has 2 N–H and O–H groups in total. The molecular weight excluding hydrogens is 371 g/mol. The van der Waals surface area contributed by atoms with Crippen LogP contribution in [0.1, 0.15) is 0 Å². The van der Waals surface area contributed by atoms with E-state index in [4.69, 9.17) is 39.5 Å². The van der Waals surface area contributed by atoms with Crippen LogP contribution < -0.4 is 15.0 Å². The maximum atomic E-state index is 12.0. The summed E-state index contributed by atoms with van der Waals surface area (Å²) in [5.41, 5.74) is 0.607. The van der Waals surface area contributed by atoms with Gasteiger partial charge in [-0.3, -0.25) is 4.79 Å². The normalized spacial score (nSPS) is 11.8. The molecule has 0 fully saturated rings. The molecule has 0 aliphatic heterocycles. The molecular formula is C17H18Cl3N2O2+.